The van der Waals surface area contributed by atoms with Crippen LogP contribution in [0.2, 0.25) is 5.02 Å². The van der Waals surface area contributed by atoms with E-state index < -0.39 is 5.91 Å². The molecule has 0 atom stereocenters. The number of pyridine rings is 1. The van der Waals surface area contributed by atoms with Crippen LogP contribution in [-0.4, -0.2) is 29.9 Å². The van der Waals surface area contributed by atoms with Crippen LogP contribution in [0.3, 0.4) is 0 Å². The fourth-order valence-electron chi connectivity index (χ4n) is 1.94. The Morgan fingerprint density at radius 3 is 2.86 bits per heavy atom. The third-order valence-electron chi connectivity index (χ3n) is 2.93. The summed E-state index contributed by atoms with van der Waals surface area (Å²) in [5.41, 5.74) is 7.32. The average molecular weight is 307 g/mol. The molecule has 0 radical (unpaired) electrons. The van der Waals surface area contributed by atoms with Gasteiger partial charge in [0.2, 0.25) is 11.8 Å². The second-order valence-electron chi connectivity index (χ2n) is 4.48. The number of anilines is 1. The molecule has 0 aliphatic rings. The minimum absolute atomic E-state index is 0.161. The van der Waals surface area contributed by atoms with E-state index >= 15 is 0 Å². The molecule has 21 heavy (non-hydrogen) atoms. The lowest BCUT2D eigenvalue weighted by atomic mass is 10.1. The molecule has 2 rings (SSSR count). The van der Waals surface area contributed by atoms with Gasteiger partial charge in [0, 0.05) is 11.6 Å². The number of aromatic nitrogens is 1. The summed E-state index contributed by atoms with van der Waals surface area (Å²) in [4.78, 5) is 27.2. The third-order valence-corrected chi connectivity index (χ3v) is 3.23. The number of fused-ring (bicyclic) bond motifs is 1. The van der Waals surface area contributed by atoms with E-state index in [0.717, 1.165) is 16.5 Å². The predicted octanol–water partition coefficient (Wildman–Crippen LogP) is 1.21. The van der Waals surface area contributed by atoms with Gasteiger partial charge in [0.1, 0.15) is 0 Å². The summed E-state index contributed by atoms with van der Waals surface area (Å²) in [6, 6.07) is 5.34. The SMILES string of the molecule is Cc1cc(Cl)c(NC(=O)CNC(=O)CN)c2cccnc12. The lowest BCUT2D eigenvalue weighted by Crippen LogP contribution is -2.36. The van der Waals surface area contributed by atoms with E-state index in [0.29, 0.717) is 10.7 Å². The first-order valence-electron chi connectivity index (χ1n) is 6.33. The highest BCUT2D eigenvalue weighted by molar-refractivity contribution is 6.35. The Morgan fingerprint density at radius 1 is 1.38 bits per heavy atom. The van der Waals surface area contributed by atoms with Crippen molar-refractivity contribution in [2.24, 2.45) is 5.73 Å². The number of hydrogen-bond acceptors (Lipinski definition) is 4. The van der Waals surface area contributed by atoms with Crippen molar-refractivity contribution >= 4 is 40.0 Å². The number of halogens is 1. The topological polar surface area (TPSA) is 97.1 Å². The van der Waals surface area contributed by atoms with Gasteiger partial charge in [0.15, 0.2) is 0 Å². The van der Waals surface area contributed by atoms with Gasteiger partial charge >= 0.3 is 0 Å². The van der Waals surface area contributed by atoms with Crippen molar-refractivity contribution in [1.29, 1.82) is 0 Å². The first kappa shape index (κ1) is 15.2. The number of carbonyl (C=O) groups excluding carboxylic acids is 2. The summed E-state index contributed by atoms with van der Waals surface area (Å²) >= 11 is 6.19. The molecule has 0 aliphatic heterocycles. The van der Waals surface area contributed by atoms with E-state index in [-0.39, 0.29) is 19.0 Å². The average Bonchev–Trinajstić information content (AvgIpc) is 2.49. The maximum atomic E-state index is 11.9. The highest BCUT2D eigenvalue weighted by Crippen LogP contribution is 2.32. The van der Waals surface area contributed by atoms with Crippen molar-refractivity contribution < 1.29 is 9.59 Å². The van der Waals surface area contributed by atoms with Gasteiger partial charge < -0.3 is 16.4 Å². The van der Waals surface area contributed by atoms with Crippen molar-refractivity contribution in [1.82, 2.24) is 10.3 Å². The fourth-order valence-corrected chi connectivity index (χ4v) is 2.25. The van der Waals surface area contributed by atoms with Crippen molar-refractivity contribution in [3.05, 3.63) is 35.0 Å². The molecule has 0 saturated carbocycles. The Morgan fingerprint density at radius 2 is 2.14 bits per heavy atom. The van der Waals surface area contributed by atoms with Crippen LogP contribution in [0.1, 0.15) is 5.56 Å². The van der Waals surface area contributed by atoms with Gasteiger partial charge in [-0.2, -0.15) is 0 Å². The molecule has 110 valence electrons. The molecule has 1 aromatic carbocycles. The van der Waals surface area contributed by atoms with Crippen molar-refractivity contribution in [3.8, 4) is 0 Å². The van der Waals surface area contributed by atoms with Crippen LogP contribution in [0.25, 0.3) is 10.9 Å². The number of aryl methyl sites for hydroxylation is 1. The summed E-state index contributed by atoms with van der Waals surface area (Å²) in [6.45, 7) is 1.57. The van der Waals surface area contributed by atoms with Crippen molar-refractivity contribution in [3.63, 3.8) is 0 Å². The maximum Gasteiger partial charge on any atom is 0.243 e. The monoisotopic (exact) mass is 306 g/mol. The number of rotatable bonds is 4. The number of nitrogens with one attached hydrogen (secondary N) is 2. The van der Waals surface area contributed by atoms with E-state index in [1.54, 1.807) is 18.3 Å². The Kier molecular flexibility index (Phi) is 4.72. The second-order valence-corrected chi connectivity index (χ2v) is 4.89. The molecule has 0 aliphatic carbocycles. The Bertz CT molecular complexity index is 703. The Balaban J connectivity index is 2.26. The standard InChI is InChI=1S/C14H15ClN4O2/c1-8-5-10(15)14(9-3-2-4-17-13(8)9)19-12(21)7-18-11(20)6-16/h2-5H,6-7,16H2,1H3,(H,18,20)(H,19,21). The van der Waals surface area contributed by atoms with Crippen LogP contribution >= 0.6 is 11.6 Å². The van der Waals surface area contributed by atoms with Crippen LogP contribution in [0, 0.1) is 6.92 Å². The molecule has 0 fully saturated rings. The number of carbonyl (C=O) groups is 2. The summed E-state index contributed by atoms with van der Waals surface area (Å²) < 4.78 is 0. The van der Waals surface area contributed by atoms with E-state index in [1.165, 1.54) is 0 Å². The van der Waals surface area contributed by atoms with E-state index in [1.807, 2.05) is 13.0 Å². The van der Waals surface area contributed by atoms with Crippen LogP contribution in [0.5, 0.6) is 0 Å². The number of amides is 2. The molecular formula is C14H15ClN4O2. The zero-order chi connectivity index (χ0) is 15.4. The summed E-state index contributed by atoms with van der Waals surface area (Å²) in [5.74, 6) is -0.778. The molecule has 1 heterocycles. The third kappa shape index (κ3) is 3.48. The molecule has 2 aromatic rings. The first-order valence-corrected chi connectivity index (χ1v) is 6.71. The van der Waals surface area contributed by atoms with Gasteiger partial charge in [-0.1, -0.05) is 11.6 Å². The van der Waals surface area contributed by atoms with Crippen LogP contribution in [0.4, 0.5) is 5.69 Å². The number of nitrogens with zero attached hydrogens (tertiary/aromatic N) is 1. The fraction of sp³-hybridized carbons (Fsp3) is 0.214. The van der Waals surface area contributed by atoms with E-state index in [2.05, 4.69) is 15.6 Å². The number of hydrogen-bond donors (Lipinski definition) is 3. The molecule has 1 aromatic heterocycles. The number of benzene rings is 1. The molecule has 0 saturated heterocycles. The quantitative estimate of drug-likeness (QED) is 0.791. The summed E-state index contributed by atoms with van der Waals surface area (Å²) in [7, 11) is 0. The number of nitrogens with two attached hydrogens (primary N) is 1. The molecule has 0 bridgehead atoms. The molecule has 7 heteroatoms. The van der Waals surface area contributed by atoms with Crippen molar-refractivity contribution in [2.45, 2.75) is 6.92 Å². The normalized spacial score (nSPS) is 10.4. The van der Waals surface area contributed by atoms with Gasteiger partial charge in [-0.05, 0) is 30.7 Å². The highest BCUT2D eigenvalue weighted by Gasteiger charge is 2.13. The van der Waals surface area contributed by atoms with Gasteiger partial charge in [-0.15, -0.1) is 0 Å². The minimum Gasteiger partial charge on any atom is -0.346 e. The van der Waals surface area contributed by atoms with E-state index in [9.17, 15) is 9.59 Å². The molecule has 0 spiro atoms. The Hall–Kier alpha value is -2.18. The molecule has 4 N–H and O–H groups in total. The second kappa shape index (κ2) is 6.51. The zero-order valence-corrected chi connectivity index (χ0v) is 12.2. The first-order chi connectivity index (χ1) is 10.0. The van der Waals surface area contributed by atoms with Crippen LogP contribution < -0.4 is 16.4 Å². The lowest BCUT2D eigenvalue weighted by molar-refractivity contribution is -0.123. The van der Waals surface area contributed by atoms with Gasteiger partial charge in [-0.3, -0.25) is 14.6 Å². The van der Waals surface area contributed by atoms with Gasteiger partial charge in [-0.25, -0.2) is 0 Å². The zero-order valence-electron chi connectivity index (χ0n) is 11.4. The molecular weight excluding hydrogens is 292 g/mol. The minimum atomic E-state index is -0.397. The largest absolute Gasteiger partial charge is 0.346 e. The lowest BCUT2D eigenvalue weighted by Gasteiger charge is -2.12. The molecule has 2 amide bonds. The van der Waals surface area contributed by atoms with Crippen LogP contribution in [0.15, 0.2) is 24.4 Å². The Labute approximate surface area is 126 Å². The molecule has 0 unspecified atom stereocenters. The van der Waals surface area contributed by atoms with Gasteiger partial charge in [0.25, 0.3) is 0 Å². The van der Waals surface area contributed by atoms with Gasteiger partial charge in [0.05, 0.1) is 29.3 Å². The van der Waals surface area contributed by atoms with Crippen LogP contribution in [-0.2, 0) is 9.59 Å². The van der Waals surface area contributed by atoms with Crippen molar-refractivity contribution in [2.75, 3.05) is 18.4 Å². The van der Waals surface area contributed by atoms with E-state index in [4.69, 9.17) is 17.3 Å². The molecule has 6 nitrogen and oxygen atoms in total. The summed E-state index contributed by atoms with van der Waals surface area (Å²) in [5, 5.41) is 6.26. The summed E-state index contributed by atoms with van der Waals surface area (Å²) in [6.07, 6.45) is 1.68. The smallest absolute Gasteiger partial charge is 0.243 e. The highest BCUT2D eigenvalue weighted by atomic mass is 35.5. The predicted molar refractivity (Wildman–Crippen MR) is 82.2 cm³/mol. The maximum absolute atomic E-state index is 11.9.